The third-order valence-electron chi connectivity index (χ3n) is 4.93. The molecule has 7 nitrogen and oxygen atoms in total. The Balaban J connectivity index is 1.86. The number of ether oxygens (including phenoxy) is 2. The van der Waals surface area contributed by atoms with E-state index in [-0.39, 0.29) is 19.1 Å². The van der Waals surface area contributed by atoms with Crippen LogP contribution in [-0.2, 0) is 32.3 Å². The number of carbonyl (C=O) groups is 3. The van der Waals surface area contributed by atoms with E-state index in [4.69, 9.17) is 9.47 Å². The summed E-state index contributed by atoms with van der Waals surface area (Å²) in [5.74, 6) is -1.13. The maximum atomic E-state index is 12.6. The Labute approximate surface area is 183 Å². The summed E-state index contributed by atoms with van der Waals surface area (Å²) in [5, 5.41) is 5.18. The van der Waals surface area contributed by atoms with Gasteiger partial charge in [-0.2, -0.15) is 0 Å². The number of rotatable bonds is 10. The van der Waals surface area contributed by atoms with E-state index >= 15 is 0 Å². The van der Waals surface area contributed by atoms with Gasteiger partial charge < -0.3 is 20.1 Å². The number of alkyl carbamates (subject to hydrolysis) is 1. The summed E-state index contributed by atoms with van der Waals surface area (Å²) in [4.78, 5) is 37.2. The minimum absolute atomic E-state index is 0.0995. The predicted octanol–water partition coefficient (Wildman–Crippen LogP) is 3.58. The van der Waals surface area contributed by atoms with Crippen molar-refractivity contribution in [1.82, 2.24) is 10.6 Å². The number of carbonyl (C=O) groups excluding carboxylic acids is 3. The van der Waals surface area contributed by atoms with Gasteiger partial charge in [-0.25, -0.2) is 9.59 Å². The first-order chi connectivity index (χ1) is 14.9. The Morgan fingerprint density at radius 2 is 1.32 bits per heavy atom. The van der Waals surface area contributed by atoms with Gasteiger partial charge in [-0.15, -0.1) is 0 Å². The summed E-state index contributed by atoms with van der Waals surface area (Å²) in [7, 11) is 0. The number of nitrogens with one attached hydrogen (secondary N) is 2. The van der Waals surface area contributed by atoms with Crippen molar-refractivity contribution < 1.29 is 23.9 Å². The second-order valence-electron chi connectivity index (χ2n) is 7.39. The lowest BCUT2D eigenvalue weighted by atomic mass is 9.99. The van der Waals surface area contributed by atoms with Crippen LogP contribution in [0.3, 0.4) is 0 Å². The summed E-state index contributed by atoms with van der Waals surface area (Å²) in [6.45, 7) is 5.55. The highest BCUT2D eigenvalue weighted by molar-refractivity contribution is 5.89. The van der Waals surface area contributed by atoms with E-state index < -0.39 is 30.1 Å². The molecule has 0 unspecified atom stereocenters. The molecule has 3 atom stereocenters. The molecule has 0 spiro atoms. The molecule has 0 aromatic heterocycles. The monoisotopic (exact) mass is 426 g/mol. The first-order valence-corrected chi connectivity index (χ1v) is 10.4. The van der Waals surface area contributed by atoms with Crippen LogP contribution in [0, 0.1) is 5.92 Å². The highest BCUT2D eigenvalue weighted by Crippen LogP contribution is 2.12. The zero-order chi connectivity index (χ0) is 22.6. The van der Waals surface area contributed by atoms with E-state index in [1.807, 2.05) is 74.5 Å². The lowest BCUT2D eigenvalue weighted by molar-refractivity contribution is -0.150. The van der Waals surface area contributed by atoms with E-state index in [2.05, 4.69) is 10.6 Å². The van der Waals surface area contributed by atoms with Gasteiger partial charge in [0.25, 0.3) is 0 Å². The molecule has 0 saturated heterocycles. The van der Waals surface area contributed by atoms with Crippen LogP contribution in [0.4, 0.5) is 4.79 Å². The normalized spacial score (nSPS) is 13.4. The molecule has 0 fully saturated rings. The van der Waals surface area contributed by atoms with Crippen LogP contribution < -0.4 is 10.6 Å². The molecule has 0 bridgehead atoms. The molecule has 2 aromatic rings. The van der Waals surface area contributed by atoms with Crippen LogP contribution in [0.2, 0.25) is 0 Å². The third-order valence-corrected chi connectivity index (χ3v) is 4.93. The average Bonchev–Trinajstić information content (AvgIpc) is 2.80. The second-order valence-corrected chi connectivity index (χ2v) is 7.39. The Kier molecular flexibility index (Phi) is 9.55. The van der Waals surface area contributed by atoms with Gasteiger partial charge in [0.1, 0.15) is 25.3 Å². The van der Waals surface area contributed by atoms with E-state index in [1.54, 1.807) is 0 Å². The van der Waals surface area contributed by atoms with E-state index in [1.165, 1.54) is 6.92 Å². The van der Waals surface area contributed by atoms with E-state index in [9.17, 15) is 14.4 Å². The van der Waals surface area contributed by atoms with Crippen molar-refractivity contribution >= 4 is 18.0 Å². The number of amides is 2. The largest absolute Gasteiger partial charge is 0.459 e. The molecule has 0 radical (unpaired) electrons. The Morgan fingerprint density at radius 3 is 1.84 bits per heavy atom. The topological polar surface area (TPSA) is 93.7 Å². The van der Waals surface area contributed by atoms with Gasteiger partial charge in [-0.05, 0) is 24.0 Å². The molecular formula is C24H30N2O5. The van der Waals surface area contributed by atoms with Gasteiger partial charge in [0, 0.05) is 0 Å². The van der Waals surface area contributed by atoms with Gasteiger partial charge >= 0.3 is 12.1 Å². The molecular weight excluding hydrogens is 396 g/mol. The van der Waals surface area contributed by atoms with Crippen LogP contribution in [0.25, 0.3) is 0 Å². The number of benzene rings is 2. The quantitative estimate of drug-likeness (QED) is 0.567. The zero-order valence-corrected chi connectivity index (χ0v) is 18.2. The fraction of sp³-hybridized carbons (Fsp3) is 0.375. The molecule has 31 heavy (non-hydrogen) atoms. The van der Waals surface area contributed by atoms with Crippen molar-refractivity contribution in [3.05, 3.63) is 71.8 Å². The Morgan fingerprint density at radius 1 is 0.806 bits per heavy atom. The molecule has 0 aliphatic carbocycles. The van der Waals surface area contributed by atoms with Crippen LogP contribution in [0.1, 0.15) is 38.3 Å². The first kappa shape index (κ1) is 23.9. The Hall–Kier alpha value is -3.35. The highest BCUT2D eigenvalue weighted by atomic mass is 16.5. The minimum atomic E-state index is -0.878. The summed E-state index contributed by atoms with van der Waals surface area (Å²) in [6.07, 6.45) is -0.0370. The molecule has 166 valence electrons. The van der Waals surface area contributed by atoms with Crippen molar-refractivity contribution in [3.8, 4) is 0 Å². The van der Waals surface area contributed by atoms with Crippen LogP contribution in [0.15, 0.2) is 60.7 Å². The number of esters is 1. The number of hydrogen-bond acceptors (Lipinski definition) is 5. The van der Waals surface area contributed by atoms with Crippen molar-refractivity contribution in [2.24, 2.45) is 5.92 Å². The zero-order valence-electron chi connectivity index (χ0n) is 18.2. The van der Waals surface area contributed by atoms with Crippen molar-refractivity contribution in [1.29, 1.82) is 0 Å². The van der Waals surface area contributed by atoms with Crippen molar-refractivity contribution in [2.45, 2.75) is 52.5 Å². The van der Waals surface area contributed by atoms with Gasteiger partial charge in [0.15, 0.2) is 0 Å². The molecule has 2 N–H and O–H groups in total. The lowest BCUT2D eigenvalue weighted by Crippen LogP contribution is -2.52. The first-order valence-electron chi connectivity index (χ1n) is 10.4. The molecule has 2 amide bonds. The molecule has 0 saturated carbocycles. The Bertz CT molecular complexity index is 842. The second kappa shape index (κ2) is 12.4. The molecule has 0 aliphatic rings. The van der Waals surface area contributed by atoms with Crippen molar-refractivity contribution in [2.75, 3.05) is 0 Å². The molecule has 2 rings (SSSR count). The fourth-order valence-corrected chi connectivity index (χ4v) is 2.77. The van der Waals surface area contributed by atoms with Crippen LogP contribution in [-0.4, -0.2) is 30.1 Å². The predicted molar refractivity (Wildman–Crippen MR) is 117 cm³/mol. The summed E-state index contributed by atoms with van der Waals surface area (Å²) < 4.78 is 10.5. The maximum absolute atomic E-state index is 12.6. The van der Waals surface area contributed by atoms with Crippen LogP contribution >= 0.6 is 0 Å². The van der Waals surface area contributed by atoms with Gasteiger partial charge in [-0.3, -0.25) is 4.79 Å². The summed E-state index contributed by atoms with van der Waals surface area (Å²) >= 11 is 0. The van der Waals surface area contributed by atoms with Gasteiger partial charge in [0.05, 0.1) is 0 Å². The summed E-state index contributed by atoms with van der Waals surface area (Å²) in [6, 6.07) is 16.9. The molecule has 0 aliphatic heterocycles. The highest BCUT2D eigenvalue weighted by Gasteiger charge is 2.29. The fourth-order valence-electron chi connectivity index (χ4n) is 2.77. The van der Waals surface area contributed by atoms with E-state index in [0.717, 1.165) is 11.1 Å². The van der Waals surface area contributed by atoms with Crippen molar-refractivity contribution in [3.63, 3.8) is 0 Å². The van der Waals surface area contributed by atoms with Gasteiger partial charge in [-0.1, -0.05) is 80.9 Å². The minimum Gasteiger partial charge on any atom is -0.459 e. The third kappa shape index (κ3) is 8.12. The van der Waals surface area contributed by atoms with E-state index in [0.29, 0.717) is 6.42 Å². The maximum Gasteiger partial charge on any atom is 0.408 e. The molecule has 2 aromatic carbocycles. The smallest absolute Gasteiger partial charge is 0.408 e. The standard InChI is InChI=1S/C24H30N2O5/c1-4-17(2)21(23(28)30-15-19-11-7-5-8-12-19)26-22(27)18(3)25-24(29)31-16-20-13-9-6-10-14-20/h5-14,17-18,21H,4,15-16H2,1-3H3,(H,25,29)(H,26,27)/t17-,18-,21-/m1/s1. The average molecular weight is 427 g/mol. The SMILES string of the molecule is CC[C@@H](C)[C@@H](NC(=O)[C@@H](C)NC(=O)OCc1ccccc1)C(=O)OCc1ccccc1. The molecule has 7 heteroatoms. The van der Waals surface area contributed by atoms with Gasteiger partial charge in [0.2, 0.25) is 5.91 Å². The summed E-state index contributed by atoms with van der Waals surface area (Å²) in [5.41, 5.74) is 1.70. The van der Waals surface area contributed by atoms with Crippen LogP contribution in [0.5, 0.6) is 0 Å². The molecule has 0 heterocycles. The lowest BCUT2D eigenvalue weighted by Gasteiger charge is -2.24. The number of hydrogen-bond donors (Lipinski definition) is 2.